The molecule has 2 aromatic rings. The maximum atomic E-state index is 12.8. The van der Waals surface area contributed by atoms with E-state index in [2.05, 4.69) is 25.3 Å². The zero-order valence-electron chi connectivity index (χ0n) is 11.1. The summed E-state index contributed by atoms with van der Waals surface area (Å²) in [6, 6.07) is 3.07. The van der Waals surface area contributed by atoms with E-state index < -0.39 is 12.0 Å². The highest BCUT2D eigenvalue weighted by atomic mass is 32.2. The van der Waals surface area contributed by atoms with Gasteiger partial charge in [-0.2, -0.15) is 13.2 Å². The Bertz CT molecular complexity index is 591. The first kappa shape index (κ1) is 15.5. The summed E-state index contributed by atoms with van der Waals surface area (Å²) in [6.45, 7) is 2.44. The van der Waals surface area contributed by atoms with Crippen molar-refractivity contribution in [3.05, 3.63) is 30.4 Å². The van der Waals surface area contributed by atoms with Crippen LogP contribution >= 0.6 is 11.8 Å². The van der Waals surface area contributed by atoms with Crippen molar-refractivity contribution >= 4 is 17.6 Å². The summed E-state index contributed by atoms with van der Waals surface area (Å²) in [4.78, 5) is 14.9. The number of halogens is 3. The molecule has 0 amide bonds. The number of hydrogen-bond donors (Lipinski definition) is 1. The van der Waals surface area contributed by atoms with E-state index in [9.17, 15) is 13.2 Å². The maximum Gasteiger partial charge on any atom is 0.451 e. The van der Waals surface area contributed by atoms with E-state index >= 15 is 0 Å². The van der Waals surface area contributed by atoms with Crippen molar-refractivity contribution in [3.8, 4) is 0 Å². The lowest BCUT2D eigenvalue weighted by Crippen LogP contribution is -2.14. The summed E-state index contributed by atoms with van der Waals surface area (Å²) in [5.74, 6) is -1.04. The maximum absolute atomic E-state index is 12.8. The van der Waals surface area contributed by atoms with Crippen LogP contribution in [0.15, 0.2) is 34.7 Å². The third-order valence-corrected chi connectivity index (χ3v) is 3.06. The molecular weight excluding hydrogens is 303 g/mol. The van der Waals surface area contributed by atoms with Gasteiger partial charge in [0.2, 0.25) is 5.82 Å². The van der Waals surface area contributed by atoms with Crippen LogP contribution in [0.5, 0.6) is 0 Å². The fourth-order valence-corrected chi connectivity index (χ4v) is 2.10. The van der Waals surface area contributed by atoms with Gasteiger partial charge < -0.3 is 5.32 Å². The average Bonchev–Trinajstić information content (AvgIpc) is 2.45. The molecule has 0 fully saturated rings. The van der Waals surface area contributed by atoms with E-state index in [1.54, 1.807) is 6.07 Å². The molecule has 2 heterocycles. The lowest BCUT2D eigenvalue weighted by Gasteiger charge is -2.10. The first-order chi connectivity index (χ1) is 9.99. The molecule has 0 bridgehead atoms. The second-order valence-corrected chi connectivity index (χ2v) is 4.96. The summed E-state index contributed by atoms with van der Waals surface area (Å²) >= 11 is 0.952. The molecule has 0 aliphatic heterocycles. The van der Waals surface area contributed by atoms with Gasteiger partial charge in [-0.25, -0.2) is 19.9 Å². The van der Waals surface area contributed by atoms with Crippen LogP contribution in [0.25, 0.3) is 0 Å². The van der Waals surface area contributed by atoms with E-state index in [0.717, 1.165) is 18.2 Å². The Labute approximate surface area is 123 Å². The van der Waals surface area contributed by atoms with Crippen molar-refractivity contribution in [1.29, 1.82) is 0 Å². The topological polar surface area (TPSA) is 63.6 Å². The van der Waals surface area contributed by atoms with E-state index in [4.69, 9.17) is 0 Å². The number of hydrogen-bond acceptors (Lipinski definition) is 6. The Balaban J connectivity index is 2.30. The highest BCUT2D eigenvalue weighted by Crippen LogP contribution is 2.31. The summed E-state index contributed by atoms with van der Waals surface area (Å²) in [6.07, 6.45) is -0.804. The van der Waals surface area contributed by atoms with Crippen LogP contribution in [0.3, 0.4) is 0 Å². The van der Waals surface area contributed by atoms with Crippen LogP contribution in [0.2, 0.25) is 0 Å². The molecular formula is C12H12F3N5S. The van der Waals surface area contributed by atoms with Gasteiger partial charge in [0.1, 0.15) is 10.8 Å². The van der Waals surface area contributed by atoms with E-state index in [0.29, 0.717) is 11.7 Å². The SMILES string of the molecule is CCCNc1cc(Sc2ncccn2)nc(C(F)(F)F)n1. The monoisotopic (exact) mass is 315 g/mol. The minimum Gasteiger partial charge on any atom is -0.370 e. The summed E-state index contributed by atoms with van der Waals surface area (Å²) in [5, 5.41) is 3.29. The van der Waals surface area contributed by atoms with Gasteiger partial charge in [0, 0.05) is 25.0 Å². The molecule has 0 atom stereocenters. The van der Waals surface area contributed by atoms with Crippen LogP contribution in [-0.4, -0.2) is 26.5 Å². The molecule has 0 spiro atoms. The molecule has 0 saturated carbocycles. The average molecular weight is 315 g/mol. The van der Waals surface area contributed by atoms with Crippen molar-refractivity contribution < 1.29 is 13.2 Å². The summed E-state index contributed by atoms with van der Waals surface area (Å²) in [5.41, 5.74) is 0. The predicted octanol–water partition coefficient (Wildman–Crippen LogP) is 3.26. The molecule has 0 aliphatic carbocycles. The molecule has 2 rings (SSSR count). The standard InChI is InChI=1S/C12H12F3N5S/c1-2-4-16-8-7-9(20-10(19-8)12(13,14)15)21-11-17-5-3-6-18-11/h3,5-7H,2,4H2,1H3,(H,16,19,20). The zero-order chi connectivity index (χ0) is 15.3. The van der Waals surface area contributed by atoms with Gasteiger partial charge in [0.15, 0.2) is 5.16 Å². The molecule has 5 nitrogen and oxygen atoms in total. The number of nitrogens with zero attached hydrogens (tertiary/aromatic N) is 4. The number of nitrogens with one attached hydrogen (secondary N) is 1. The minimum absolute atomic E-state index is 0.137. The highest BCUT2D eigenvalue weighted by Gasteiger charge is 2.35. The second kappa shape index (κ2) is 6.70. The number of aromatic nitrogens is 4. The van der Waals surface area contributed by atoms with Crippen molar-refractivity contribution in [2.75, 3.05) is 11.9 Å². The third-order valence-electron chi connectivity index (χ3n) is 2.25. The Hall–Kier alpha value is -1.90. The summed E-state index contributed by atoms with van der Waals surface area (Å²) in [7, 11) is 0. The second-order valence-electron chi connectivity index (χ2n) is 3.97. The lowest BCUT2D eigenvalue weighted by molar-refractivity contribution is -0.145. The van der Waals surface area contributed by atoms with Gasteiger partial charge in [0.05, 0.1) is 0 Å². The van der Waals surface area contributed by atoms with E-state index in [1.165, 1.54) is 18.5 Å². The van der Waals surface area contributed by atoms with Gasteiger partial charge in [0.25, 0.3) is 0 Å². The van der Waals surface area contributed by atoms with Gasteiger partial charge in [-0.05, 0) is 24.2 Å². The van der Waals surface area contributed by atoms with E-state index in [1.807, 2.05) is 6.92 Å². The van der Waals surface area contributed by atoms with E-state index in [-0.39, 0.29) is 10.8 Å². The predicted molar refractivity (Wildman–Crippen MR) is 72.0 cm³/mol. The first-order valence-electron chi connectivity index (χ1n) is 6.14. The van der Waals surface area contributed by atoms with Crippen molar-refractivity contribution in [1.82, 2.24) is 19.9 Å². The fraction of sp³-hybridized carbons (Fsp3) is 0.333. The summed E-state index contributed by atoms with van der Waals surface area (Å²) < 4.78 is 38.4. The Morgan fingerprint density at radius 1 is 1.19 bits per heavy atom. The van der Waals surface area contributed by atoms with Gasteiger partial charge >= 0.3 is 6.18 Å². The molecule has 0 aliphatic rings. The fourth-order valence-electron chi connectivity index (χ4n) is 1.38. The van der Waals surface area contributed by atoms with Crippen LogP contribution in [-0.2, 0) is 6.18 Å². The van der Waals surface area contributed by atoms with Crippen LogP contribution in [0.1, 0.15) is 19.2 Å². The van der Waals surface area contributed by atoms with Gasteiger partial charge in [-0.15, -0.1) is 0 Å². The molecule has 0 aromatic carbocycles. The van der Waals surface area contributed by atoms with Crippen molar-refractivity contribution in [2.24, 2.45) is 0 Å². The first-order valence-corrected chi connectivity index (χ1v) is 6.95. The van der Waals surface area contributed by atoms with Gasteiger partial charge in [-0.3, -0.25) is 0 Å². The molecule has 0 saturated heterocycles. The minimum atomic E-state index is -4.60. The van der Waals surface area contributed by atoms with Crippen LogP contribution in [0.4, 0.5) is 19.0 Å². The Kier molecular flexibility index (Phi) is 4.94. The third kappa shape index (κ3) is 4.55. The van der Waals surface area contributed by atoms with Crippen molar-refractivity contribution in [3.63, 3.8) is 0 Å². The molecule has 21 heavy (non-hydrogen) atoms. The Morgan fingerprint density at radius 3 is 2.52 bits per heavy atom. The number of anilines is 1. The quantitative estimate of drug-likeness (QED) is 0.675. The normalized spacial score (nSPS) is 11.4. The Morgan fingerprint density at radius 2 is 1.90 bits per heavy atom. The largest absolute Gasteiger partial charge is 0.451 e. The van der Waals surface area contributed by atoms with Gasteiger partial charge in [-0.1, -0.05) is 6.92 Å². The van der Waals surface area contributed by atoms with Crippen molar-refractivity contribution in [2.45, 2.75) is 29.7 Å². The van der Waals surface area contributed by atoms with Crippen LogP contribution in [0, 0.1) is 0 Å². The number of alkyl halides is 3. The molecule has 0 unspecified atom stereocenters. The molecule has 9 heteroatoms. The zero-order valence-corrected chi connectivity index (χ0v) is 11.9. The molecule has 112 valence electrons. The van der Waals surface area contributed by atoms with Crippen LogP contribution < -0.4 is 5.32 Å². The molecule has 1 N–H and O–H groups in total. The smallest absolute Gasteiger partial charge is 0.370 e. The lowest BCUT2D eigenvalue weighted by atomic mass is 10.4. The molecule has 0 radical (unpaired) electrons. The molecule has 2 aromatic heterocycles. The number of rotatable bonds is 5. The highest BCUT2D eigenvalue weighted by molar-refractivity contribution is 7.99.